The number of amides is 2. The van der Waals surface area contributed by atoms with E-state index >= 15 is 0 Å². The minimum absolute atomic E-state index is 0.0160. The van der Waals surface area contributed by atoms with E-state index in [1.807, 2.05) is 15.9 Å². The van der Waals surface area contributed by atoms with Gasteiger partial charge < -0.3 is 14.8 Å². The molecule has 0 bridgehead atoms. The smallest absolute Gasteiger partial charge is 0.226 e. The molecule has 132 valence electrons. The number of carbonyl (C=O) groups is 2. The Kier molecular flexibility index (Phi) is 4.15. The Balaban J connectivity index is 1.49. The van der Waals surface area contributed by atoms with Crippen molar-refractivity contribution < 1.29 is 9.59 Å². The van der Waals surface area contributed by atoms with Crippen LogP contribution in [0.4, 0.5) is 0 Å². The molecule has 1 atom stereocenters. The van der Waals surface area contributed by atoms with Crippen LogP contribution < -0.4 is 0 Å². The molecule has 2 aromatic rings. The van der Waals surface area contributed by atoms with E-state index in [1.165, 1.54) is 0 Å². The Morgan fingerprint density at radius 2 is 2.00 bits per heavy atom. The molecule has 25 heavy (non-hydrogen) atoms. The van der Waals surface area contributed by atoms with Gasteiger partial charge in [-0.1, -0.05) is 0 Å². The molecule has 2 aliphatic heterocycles. The van der Waals surface area contributed by atoms with Crippen molar-refractivity contribution in [3.63, 3.8) is 0 Å². The number of aromatic amines is 1. The highest BCUT2D eigenvalue weighted by Gasteiger charge is 2.37. The summed E-state index contributed by atoms with van der Waals surface area (Å²) in [6, 6.07) is 1.90. The number of piperidine rings is 1. The van der Waals surface area contributed by atoms with Crippen LogP contribution in [0.15, 0.2) is 18.5 Å². The molecular weight excluding hydrogens is 318 g/mol. The Morgan fingerprint density at radius 3 is 2.72 bits per heavy atom. The maximum atomic E-state index is 13.0. The predicted molar refractivity (Wildman–Crippen MR) is 92.6 cm³/mol. The summed E-state index contributed by atoms with van der Waals surface area (Å²) >= 11 is 0. The Morgan fingerprint density at radius 1 is 1.20 bits per heavy atom. The van der Waals surface area contributed by atoms with Crippen molar-refractivity contribution >= 4 is 22.8 Å². The standard InChI is InChI=1S/C18H23N5O2/c1-12(24)22-9-5-13(6-10-22)18(25)23-8-2-3-16(23)17-20-14-4-7-19-11-15(14)21-17/h4,7,11,13,16H,2-3,5-6,8-10H2,1H3,(H,20,21). The van der Waals surface area contributed by atoms with Gasteiger partial charge in [-0.15, -0.1) is 0 Å². The fourth-order valence-corrected chi connectivity index (χ4v) is 4.03. The Hall–Kier alpha value is -2.44. The molecule has 0 aliphatic carbocycles. The van der Waals surface area contributed by atoms with E-state index in [1.54, 1.807) is 19.3 Å². The SMILES string of the molecule is CC(=O)N1CCC(C(=O)N2CCCC2c2nc3ccncc3[nH]2)CC1. The first kappa shape index (κ1) is 16.1. The van der Waals surface area contributed by atoms with E-state index in [0.29, 0.717) is 13.1 Å². The second kappa shape index (κ2) is 6.46. The third-order valence-electron chi connectivity index (χ3n) is 5.44. The second-order valence-electron chi connectivity index (χ2n) is 6.98. The molecule has 0 aromatic carbocycles. The monoisotopic (exact) mass is 341 g/mol. The number of nitrogens with one attached hydrogen (secondary N) is 1. The first-order valence-corrected chi connectivity index (χ1v) is 8.99. The van der Waals surface area contributed by atoms with E-state index < -0.39 is 0 Å². The molecule has 7 nitrogen and oxygen atoms in total. The number of hydrogen-bond acceptors (Lipinski definition) is 4. The minimum atomic E-state index is 0.0160. The van der Waals surface area contributed by atoms with E-state index in [9.17, 15) is 9.59 Å². The predicted octanol–water partition coefficient (Wildman–Crippen LogP) is 1.88. The molecule has 0 radical (unpaired) electrons. The van der Waals surface area contributed by atoms with Crippen LogP contribution in [0.5, 0.6) is 0 Å². The maximum absolute atomic E-state index is 13.0. The third kappa shape index (κ3) is 2.99. The number of rotatable bonds is 2. The molecule has 2 aromatic heterocycles. The number of carbonyl (C=O) groups excluding carboxylic acids is 2. The Bertz CT molecular complexity index is 761. The molecule has 4 rings (SSSR count). The van der Waals surface area contributed by atoms with Gasteiger partial charge in [0.05, 0.1) is 23.3 Å². The molecule has 7 heteroatoms. The number of fused-ring (bicyclic) bond motifs is 1. The van der Waals surface area contributed by atoms with Gasteiger partial charge in [-0.2, -0.15) is 0 Å². The van der Waals surface area contributed by atoms with Gasteiger partial charge in [0.15, 0.2) is 0 Å². The lowest BCUT2D eigenvalue weighted by Crippen LogP contribution is -2.43. The summed E-state index contributed by atoms with van der Waals surface area (Å²) in [5.74, 6) is 1.18. The number of pyridine rings is 1. The van der Waals surface area contributed by atoms with E-state index in [2.05, 4.69) is 15.0 Å². The molecule has 2 amide bonds. The van der Waals surface area contributed by atoms with Crippen molar-refractivity contribution in [2.24, 2.45) is 5.92 Å². The average Bonchev–Trinajstić information content (AvgIpc) is 3.27. The van der Waals surface area contributed by atoms with Gasteiger partial charge in [0, 0.05) is 38.7 Å². The number of hydrogen-bond donors (Lipinski definition) is 1. The van der Waals surface area contributed by atoms with Crippen LogP contribution in [0.1, 0.15) is 44.5 Å². The summed E-state index contributed by atoms with van der Waals surface area (Å²) < 4.78 is 0. The van der Waals surface area contributed by atoms with Gasteiger partial charge in [0.1, 0.15) is 5.82 Å². The minimum Gasteiger partial charge on any atom is -0.343 e. The average molecular weight is 341 g/mol. The van der Waals surface area contributed by atoms with Crippen LogP contribution in [-0.4, -0.2) is 56.2 Å². The van der Waals surface area contributed by atoms with Crippen molar-refractivity contribution in [3.05, 3.63) is 24.3 Å². The van der Waals surface area contributed by atoms with Crippen LogP contribution in [0, 0.1) is 5.92 Å². The fourth-order valence-electron chi connectivity index (χ4n) is 4.03. The summed E-state index contributed by atoms with van der Waals surface area (Å²) in [6.45, 7) is 3.74. The van der Waals surface area contributed by atoms with Crippen LogP contribution in [0.3, 0.4) is 0 Å². The first-order valence-electron chi connectivity index (χ1n) is 8.99. The molecular formula is C18H23N5O2. The molecule has 0 saturated carbocycles. The molecule has 2 fully saturated rings. The van der Waals surface area contributed by atoms with Crippen molar-refractivity contribution in [2.45, 2.75) is 38.6 Å². The lowest BCUT2D eigenvalue weighted by atomic mass is 9.95. The van der Waals surface area contributed by atoms with Crippen molar-refractivity contribution in [1.82, 2.24) is 24.8 Å². The topological polar surface area (TPSA) is 82.2 Å². The van der Waals surface area contributed by atoms with Crippen LogP contribution in [0.25, 0.3) is 11.0 Å². The summed E-state index contributed by atoms with van der Waals surface area (Å²) in [6.07, 6.45) is 6.94. The highest BCUT2D eigenvalue weighted by Crippen LogP contribution is 2.34. The van der Waals surface area contributed by atoms with Crippen molar-refractivity contribution in [3.8, 4) is 0 Å². The number of H-pyrrole nitrogens is 1. The van der Waals surface area contributed by atoms with E-state index in [4.69, 9.17) is 0 Å². The quantitative estimate of drug-likeness (QED) is 0.904. The fraction of sp³-hybridized carbons (Fsp3) is 0.556. The van der Waals surface area contributed by atoms with Crippen molar-refractivity contribution in [1.29, 1.82) is 0 Å². The third-order valence-corrected chi connectivity index (χ3v) is 5.44. The molecule has 1 unspecified atom stereocenters. The highest BCUT2D eigenvalue weighted by molar-refractivity contribution is 5.81. The van der Waals surface area contributed by atoms with Gasteiger partial charge in [-0.3, -0.25) is 14.6 Å². The summed E-state index contributed by atoms with van der Waals surface area (Å²) in [4.78, 5) is 40.4. The van der Waals surface area contributed by atoms with E-state index in [-0.39, 0.29) is 23.8 Å². The maximum Gasteiger partial charge on any atom is 0.226 e. The van der Waals surface area contributed by atoms with Gasteiger partial charge >= 0.3 is 0 Å². The van der Waals surface area contributed by atoms with E-state index in [0.717, 1.165) is 49.1 Å². The lowest BCUT2D eigenvalue weighted by molar-refractivity contribution is -0.141. The zero-order chi connectivity index (χ0) is 17.4. The summed E-state index contributed by atoms with van der Waals surface area (Å²) in [7, 11) is 0. The number of imidazole rings is 1. The lowest BCUT2D eigenvalue weighted by Gasteiger charge is -2.34. The van der Waals surface area contributed by atoms with Gasteiger partial charge in [0.25, 0.3) is 0 Å². The van der Waals surface area contributed by atoms with Gasteiger partial charge in [-0.05, 0) is 31.7 Å². The molecule has 2 saturated heterocycles. The second-order valence-corrected chi connectivity index (χ2v) is 6.98. The molecule has 1 N–H and O–H groups in total. The van der Waals surface area contributed by atoms with Crippen LogP contribution in [0.2, 0.25) is 0 Å². The zero-order valence-electron chi connectivity index (χ0n) is 14.4. The molecule has 0 spiro atoms. The number of likely N-dealkylation sites (tertiary alicyclic amines) is 2. The summed E-state index contributed by atoms with van der Waals surface area (Å²) in [5, 5.41) is 0. The molecule has 4 heterocycles. The first-order chi connectivity index (χ1) is 12.1. The largest absolute Gasteiger partial charge is 0.343 e. The van der Waals surface area contributed by atoms with Gasteiger partial charge in [-0.25, -0.2) is 4.98 Å². The Labute approximate surface area is 146 Å². The number of aromatic nitrogens is 3. The van der Waals surface area contributed by atoms with Crippen molar-refractivity contribution in [2.75, 3.05) is 19.6 Å². The number of nitrogens with zero attached hydrogens (tertiary/aromatic N) is 4. The molecule has 2 aliphatic rings. The van der Waals surface area contributed by atoms with Gasteiger partial charge in [0.2, 0.25) is 11.8 Å². The summed E-state index contributed by atoms with van der Waals surface area (Å²) in [5.41, 5.74) is 1.80. The highest BCUT2D eigenvalue weighted by atomic mass is 16.2. The normalized spacial score (nSPS) is 21.9. The zero-order valence-corrected chi connectivity index (χ0v) is 14.4. The van der Waals surface area contributed by atoms with Crippen LogP contribution >= 0.6 is 0 Å². The van der Waals surface area contributed by atoms with Crippen LogP contribution in [-0.2, 0) is 9.59 Å².